The highest BCUT2D eigenvalue weighted by Gasteiger charge is 2.18. The van der Waals surface area contributed by atoms with Crippen molar-refractivity contribution in [3.8, 4) is 11.1 Å². The van der Waals surface area contributed by atoms with Gasteiger partial charge in [0.2, 0.25) is 0 Å². The van der Waals surface area contributed by atoms with E-state index in [9.17, 15) is 19.8 Å². The lowest BCUT2D eigenvalue weighted by atomic mass is 9.88. The van der Waals surface area contributed by atoms with Gasteiger partial charge < -0.3 is 10.2 Å². The van der Waals surface area contributed by atoms with Crippen molar-refractivity contribution in [1.82, 2.24) is 0 Å². The van der Waals surface area contributed by atoms with Crippen molar-refractivity contribution in [3.63, 3.8) is 0 Å². The van der Waals surface area contributed by atoms with Crippen LogP contribution < -0.4 is 5.46 Å². The average Bonchev–Trinajstić information content (AvgIpc) is 2.38. The molecule has 0 bridgehead atoms. The summed E-state index contributed by atoms with van der Waals surface area (Å²) < 4.78 is 0.603. The van der Waals surface area contributed by atoms with E-state index in [-0.39, 0.29) is 11.1 Å². The summed E-state index contributed by atoms with van der Waals surface area (Å²) >= 11 is 3.20. The number of carboxylic acids is 2. The lowest BCUT2D eigenvalue weighted by molar-refractivity contribution is 0.0684. The smallest absolute Gasteiger partial charge is 0.336 e. The Balaban J connectivity index is 2.75. The summed E-state index contributed by atoms with van der Waals surface area (Å²) in [5, 5.41) is 18.5. The third-order valence-electron chi connectivity index (χ3n) is 2.78. The molecule has 0 saturated carbocycles. The predicted molar refractivity (Wildman–Crippen MR) is 78.9 cm³/mol. The van der Waals surface area contributed by atoms with Gasteiger partial charge in [-0.15, -0.1) is 0 Å². The van der Waals surface area contributed by atoms with Crippen molar-refractivity contribution in [3.05, 3.63) is 52.0 Å². The first-order chi connectivity index (χ1) is 9.40. The highest BCUT2D eigenvalue weighted by molar-refractivity contribution is 9.10. The molecule has 0 aliphatic carbocycles. The Morgan fingerprint density at radius 1 is 0.900 bits per heavy atom. The van der Waals surface area contributed by atoms with Crippen molar-refractivity contribution in [1.29, 1.82) is 0 Å². The first-order valence-corrected chi connectivity index (χ1v) is 6.35. The Kier molecular flexibility index (Phi) is 3.95. The van der Waals surface area contributed by atoms with Crippen LogP contribution in [0, 0.1) is 0 Å². The first kappa shape index (κ1) is 14.3. The number of rotatable bonds is 3. The van der Waals surface area contributed by atoms with Gasteiger partial charge in [-0.05, 0) is 23.3 Å². The molecule has 0 fully saturated rings. The molecule has 2 aromatic rings. The van der Waals surface area contributed by atoms with Gasteiger partial charge in [-0.3, -0.25) is 0 Å². The normalized spacial score (nSPS) is 10.2. The van der Waals surface area contributed by atoms with Crippen LogP contribution in [0.15, 0.2) is 40.9 Å². The molecule has 98 valence electrons. The number of aromatic carboxylic acids is 2. The molecule has 0 amide bonds. The summed E-state index contributed by atoms with van der Waals surface area (Å²) in [6.45, 7) is 0. The molecular weight excluding hydrogens is 323 g/mol. The number of carboxylic acid groups (broad SMARTS) is 2. The minimum Gasteiger partial charge on any atom is -0.478 e. The molecule has 0 aliphatic rings. The van der Waals surface area contributed by atoms with Gasteiger partial charge in [0.05, 0.1) is 11.1 Å². The molecule has 6 heteroatoms. The van der Waals surface area contributed by atoms with Crippen LogP contribution >= 0.6 is 15.9 Å². The van der Waals surface area contributed by atoms with Crippen LogP contribution in [0.3, 0.4) is 0 Å². The van der Waals surface area contributed by atoms with Crippen LogP contribution in [-0.2, 0) is 0 Å². The fourth-order valence-corrected chi connectivity index (χ4v) is 2.26. The number of carbonyl (C=O) groups is 2. The van der Waals surface area contributed by atoms with Gasteiger partial charge in [0.15, 0.2) is 0 Å². The minimum absolute atomic E-state index is 0.0200. The molecule has 0 aromatic heterocycles. The van der Waals surface area contributed by atoms with E-state index in [0.717, 1.165) is 0 Å². The van der Waals surface area contributed by atoms with E-state index in [2.05, 4.69) is 15.9 Å². The van der Waals surface area contributed by atoms with E-state index in [0.29, 0.717) is 21.1 Å². The lowest BCUT2D eigenvalue weighted by Gasteiger charge is -2.11. The third-order valence-corrected chi connectivity index (χ3v) is 3.27. The Hall–Kier alpha value is -2.08. The van der Waals surface area contributed by atoms with Gasteiger partial charge in [-0.25, -0.2) is 9.59 Å². The van der Waals surface area contributed by atoms with E-state index in [1.165, 1.54) is 24.3 Å². The zero-order chi connectivity index (χ0) is 14.9. The number of hydrogen-bond donors (Lipinski definition) is 2. The molecule has 0 heterocycles. The SMILES string of the molecule is [B]c1ccc(-c2ccc(Br)cc2C(=O)O)c(C(=O)O)c1. The Bertz CT molecular complexity index is 651. The van der Waals surface area contributed by atoms with E-state index in [1.807, 2.05) is 0 Å². The van der Waals surface area contributed by atoms with E-state index < -0.39 is 11.9 Å². The van der Waals surface area contributed by atoms with Crippen molar-refractivity contribution in [2.45, 2.75) is 0 Å². The zero-order valence-electron chi connectivity index (χ0n) is 10.1. The number of benzene rings is 2. The highest BCUT2D eigenvalue weighted by atomic mass is 79.9. The van der Waals surface area contributed by atoms with Crippen molar-refractivity contribution in [2.24, 2.45) is 0 Å². The summed E-state index contributed by atoms with van der Waals surface area (Å²) in [5.74, 6) is -2.29. The maximum Gasteiger partial charge on any atom is 0.336 e. The van der Waals surface area contributed by atoms with Crippen molar-refractivity contribution < 1.29 is 19.8 Å². The number of halogens is 1. The summed E-state index contributed by atoms with van der Waals surface area (Å²) in [6.07, 6.45) is 0. The van der Waals surface area contributed by atoms with Crippen LogP contribution in [0.2, 0.25) is 0 Å². The minimum atomic E-state index is -1.16. The van der Waals surface area contributed by atoms with Crippen LogP contribution in [0.5, 0.6) is 0 Å². The molecule has 20 heavy (non-hydrogen) atoms. The second kappa shape index (κ2) is 5.50. The molecule has 0 unspecified atom stereocenters. The van der Waals surface area contributed by atoms with Crippen LogP contribution in [0.25, 0.3) is 11.1 Å². The Morgan fingerprint density at radius 2 is 1.40 bits per heavy atom. The van der Waals surface area contributed by atoms with E-state index in [4.69, 9.17) is 7.85 Å². The Morgan fingerprint density at radius 3 is 1.95 bits per heavy atom. The molecule has 0 spiro atoms. The zero-order valence-corrected chi connectivity index (χ0v) is 11.7. The van der Waals surface area contributed by atoms with E-state index in [1.54, 1.807) is 12.1 Å². The lowest BCUT2D eigenvalue weighted by Crippen LogP contribution is -2.10. The number of hydrogen-bond acceptors (Lipinski definition) is 2. The topological polar surface area (TPSA) is 74.6 Å². The third kappa shape index (κ3) is 2.75. The predicted octanol–water partition coefficient (Wildman–Crippen LogP) is 2.31. The molecule has 0 aliphatic heterocycles. The molecule has 0 atom stereocenters. The summed E-state index contributed by atoms with van der Waals surface area (Å²) in [7, 11) is 5.58. The molecular formula is C14H8BBrO4. The molecule has 4 nitrogen and oxygen atoms in total. The largest absolute Gasteiger partial charge is 0.478 e. The molecule has 2 rings (SSSR count). The van der Waals surface area contributed by atoms with Crippen molar-refractivity contribution in [2.75, 3.05) is 0 Å². The molecule has 0 saturated heterocycles. The highest BCUT2D eigenvalue weighted by Crippen LogP contribution is 2.29. The quantitative estimate of drug-likeness (QED) is 0.847. The van der Waals surface area contributed by atoms with Crippen molar-refractivity contribution >= 4 is 41.2 Å². The van der Waals surface area contributed by atoms with Gasteiger partial charge >= 0.3 is 11.9 Å². The van der Waals surface area contributed by atoms with Gasteiger partial charge in [-0.1, -0.05) is 45.7 Å². The summed E-state index contributed by atoms with van der Waals surface area (Å²) in [6, 6.07) is 9.00. The second-order valence-electron chi connectivity index (χ2n) is 4.11. The van der Waals surface area contributed by atoms with Crippen LogP contribution in [0.1, 0.15) is 20.7 Å². The first-order valence-electron chi connectivity index (χ1n) is 5.56. The maximum absolute atomic E-state index is 11.3. The second-order valence-corrected chi connectivity index (χ2v) is 5.02. The monoisotopic (exact) mass is 330 g/mol. The van der Waals surface area contributed by atoms with Gasteiger partial charge in [-0.2, -0.15) is 0 Å². The van der Waals surface area contributed by atoms with Gasteiger partial charge in [0.1, 0.15) is 7.85 Å². The van der Waals surface area contributed by atoms with E-state index >= 15 is 0 Å². The van der Waals surface area contributed by atoms with Crippen LogP contribution in [-0.4, -0.2) is 30.0 Å². The standard InChI is InChI=1S/C14H8BBrO4/c15-7-1-3-9(11(5-7)13(17)18)10-4-2-8(16)6-12(10)14(19)20/h1-6H,(H,17,18)(H,19,20). The molecule has 2 aromatic carbocycles. The van der Waals surface area contributed by atoms with Gasteiger partial charge in [0.25, 0.3) is 0 Å². The fourth-order valence-electron chi connectivity index (χ4n) is 1.90. The fraction of sp³-hybridized carbons (Fsp3) is 0. The summed E-state index contributed by atoms with van der Waals surface area (Å²) in [4.78, 5) is 22.6. The van der Waals surface area contributed by atoms with Gasteiger partial charge in [0, 0.05) is 4.47 Å². The van der Waals surface area contributed by atoms with Crippen LogP contribution in [0.4, 0.5) is 0 Å². The Labute approximate surface area is 124 Å². The molecule has 2 radical (unpaired) electrons. The molecule has 2 N–H and O–H groups in total. The summed E-state index contributed by atoms with van der Waals surface area (Å²) in [5.41, 5.74) is 0.941. The maximum atomic E-state index is 11.3. The average molecular weight is 331 g/mol.